The molecule has 1 aromatic rings. The first-order chi connectivity index (χ1) is 12.5. The molecule has 0 saturated carbocycles. The number of anilines is 1. The summed E-state index contributed by atoms with van der Waals surface area (Å²) in [7, 11) is 0. The van der Waals surface area contributed by atoms with Crippen molar-refractivity contribution in [2.24, 2.45) is 5.41 Å². The summed E-state index contributed by atoms with van der Waals surface area (Å²) in [6, 6.07) is 0. The molecule has 1 aromatic heterocycles. The van der Waals surface area contributed by atoms with Crippen molar-refractivity contribution in [2.75, 3.05) is 31.1 Å². The van der Waals surface area contributed by atoms with Gasteiger partial charge in [-0.3, -0.25) is 4.98 Å². The molecular formula is C18H25F3N4O2. The SMILES string of the molecule is CC(C)(C)OC(=O)N1CCC2(CC1)CCN(c1cncc(C(F)(F)F)n1)C2. The van der Waals surface area contributed by atoms with Gasteiger partial charge in [0.1, 0.15) is 11.4 Å². The second-order valence-corrected chi connectivity index (χ2v) is 8.40. The van der Waals surface area contributed by atoms with Crippen molar-refractivity contribution in [1.82, 2.24) is 14.9 Å². The van der Waals surface area contributed by atoms with Crippen LogP contribution in [0, 0.1) is 5.41 Å². The van der Waals surface area contributed by atoms with Gasteiger partial charge in [0.15, 0.2) is 5.69 Å². The van der Waals surface area contributed by atoms with Crippen molar-refractivity contribution in [2.45, 2.75) is 51.8 Å². The molecule has 0 unspecified atom stereocenters. The normalized spacial score (nSPS) is 20.2. The Balaban J connectivity index is 1.61. The molecular weight excluding hydrogens is 361 g/mol. The summed E-state index contributed by atoms with van der Waals surface area (Å²) in [5.41, 5.74) is -1.51. The molecule has 27 heavy (non-hydrogen) atoms. The third kappa shape index (κ3) is 4.62. The molecule has 2 saturated heterocycles. The molecule has 1 amide bonds. The number of nitrogens with zero attached hydrogens (tertiary/aromatic N) is 4. The Morgan fingerprint density at radius 3 is 2.33 bits per heavy atom. The van der Waals surface area contributed by atoms with Gasteiger partial charge in [0.2, 0.25) is 0 Å². The number of carbonyl (C=O) groups is 1. The Bertz CT molecular complexity index is 695. The Hall–Kier alpha value is -2.06. The Morgan fingerprint density at radius 1 is 1.11 bits per heavy atom. The molecule has 2 aliphatic heterocycles. The maximum absolute atomic E-state index is 12.9. The second kappa shape index (κ2) is 6.83. The number of rotatable bonds is 1. The number of hydrogen-bond acceptors (Lipinski definition) is 5. The molecule has 0 atom stereocenters. The molecule has 2 aliphatic rings. The highest BCUT2D eigenvalue weighted by Crippen LogP contribution is 2.42. The van der Waals surface area contributed by atoms with E-state index in [0.29, 0.717) is 26.2 Å². The fourth-order valence-electron chi connectivity index (χ4n) is 3.67. The lowest BCUT2D eigenvalue weighted by molar-refractivity contribution is -0.141. The van der Waals surface area contributed by atoms with E-state index in [4.69, 9.17) is 4.74 Å². The molecule has 0 aliphatic carbocycles. The lowest BCUT2D eigenvalue weighted by Gasteiger charge is -2.39. The summed E-state index contributed by atoms with van der Waals surface area (Å²) in [4.78, 5) is 23.2. The van der Waals surface area contributed by atoms with Crippen LogP contribution in [0.5, 0.6) is 0 Å². The lowest BCUT2D eigenvalue weighted by atomic mass is 9.78. The van der Waals surface area contributed by atoms with Gasteiger partial charge in [-0.15, -0.1) is 0 Å². The van der Waals surface area contributed by atoms with Gasteiger partial charge in [0.05, 0.1) is 12.4 Å². The quantitative estimate of drug-likeness (QED) is 0.736. The molecule has 0 aromatic carbocycles. The number of piperidine rings is 1. The van der Waals surface area contributed by atoms with Crippen LogP contribution in [0.2, 0.25) is 0 Å². The lowest BCUT2D eigenvalue weighted by Crippen LogP contribution is -2.46. The molecule has 1 spiro atoms. The van der Waals surface area contributed by atoms with Crippen molar-refractivity contribution in [3.63, 3.8) is 0 Å². The van der Waals surface area contributed by atoms with Gasteiger partial charge in [-0.1, -0.05) is 0 Å². The number of aromatic nitrogens is 2. The monoisotopic (exact) mass is 386 g/mol. The highest BCUT2D eigenvalue weighted by molar-refractivity contribution is 5.68. The average Bonchev–Trinajstić information content (AvgIpc) is 2.97. The fourth-order valence-corrected chi connectivity index (χ4v) is 3.67. The van der Waals surface area contributed by atoms with Crippen LogP contribution in [0.15, 0.2) is 12.4 Å². The third-order valence-electron chi connectivity index (χ3n) is 5.15. The fraction of sp³-hybridized carbons (Fsp3) is 0.722. The smallest absolute Gasteiger partial charge is 0.434 e. The van der Waals surface area contributed by atoms with Crippen LogP contribution in [0.3, 0.4) is 0 Å². The standard InChI is InChI=1S/C18H25F3N4O2/c1-16(2,3)27-15(26)24-7-4-17(5-8-24)6-9-25(12-17)14-11-22-10-13(23-14)18(19,20)21/h10-11H,4-9,12H2,1-3H3. The van der Waals surface area contributed by atoms with Crippen LogP contribution < -0.4 is 4.90 Å². The maximum atomic E-state index is 12.9. The van der Waals surface area contributed by atoms with Crippen molar-refractivity contribution in [3.05, 3.63) is 18.1 Å². The number of ether oxygens (including phenoxy) is 1. The van der Waals surface area contributed by atoms with Crippen molar-refractivity contribution >= 4 is 11.9 Å². The van der Waals surface area contributed by atoms with Crippen LogP contribution in [-0.2, 0) is 10.9 Å². The minimum atomic E-state index is -4.50. The second-order valence-electron chi connectivity index (χ2n) is 8.40. The largest absolute Gasteiger partial charge is 0.444 e. The van der Waals surface area contributed by atoms with Crippen molar-refractivity contribution < 1.29 is 22.7 Å². The zero-order valence-electron chi connectivity index (χ0n) is 15.8. The first kappa shape index (κ1) is 19.7. The van der Waals surface area contributed by atoms with E-state index in [1.165, 1.54) is 6.20 Å². The van der Waals surface area contributed by atoms with Crippen LogP contribution in [-0.4, -0.2) is 52.7 Å². The topological polar surface area (TPSA) is 58.6 Å². The molecule has 0 N–H and O–H groups in total. The molecule has 9 heteroatoms. The molecule has 2 fully saturated rings. The minimum Gasteiger partial charge on any atom is -0.444 e. The third-order valence-corrected chi connectivity index (χ3v) is 5.15. The van der Waals surface area contributed by atoms with E-state index in [1.54, 1.807) is 4.90 Å². The van der Waals surface area contributed by atoms with E-state index < -0.39 is 17.5 Å². The average molecular weight is 386 g/mol. The zero-order chi connectivity index (χ0) is 19.9. The summed E-state index contributed by atoms with van der Waals surface area (Å²) < 4.78 is 44.0. The molecule has 0 bridgehead atoms. The predicted octanol–water partition coefficient (Wildman–Crippen LogP) is 3.72. The first-order valence-corrected chi connectivity index (χ1v) is 9.10. The van der Waals surface area contributed by atoms with E-state index in [0.717, 1.165) is 25.5 Å². The Morgan fingerprint density at radius 2 is 1.74 bits per heavy atom. The minimum absolute atomic E-state index is 0.00553. The van der Waals surface area contributed by atoms with E-state index in [1.807, 2.05) is 25.7 Å². The maximum Gasteiger partial charge on any atom is 0.434 e. The summed E-state index contributed by atoms with van der Waals surface area (Å²) >= 11 is 0. The Labute approximate surface area is 156 Å². The predicted molar refractivity (Wildman–Crippen MR) is 93.3 cm³/mol. The summed E-state index contributed by atoms with van der Waals surface area (Å²) in [5, 5.41) is 0. The number of halogens is 3. The zero-order valence-corrected chi connectivity index (χ0v) is 15.8. The highest BCUT2D eigenvalue weighted by Gasteiger charge is 2.43. The number of likely N-dealkylation sites (tertiary alicyclic amines) is 1. The summed E-state index contributed by atoms with van der Waals surface area (Å²) in [6.45, 7) is 7.96. The molecule has 3 heterocycles. The first-order valence-electron chi connectivity index (χ1n) is 9.10. The van der Waals surface area contributed by atoms with Gasteiger partial charge in [-0.05, 0) is 45.4 Å². The van der Waals surface area contributed by atoms with Crippen LogP contribution in [0.4, 0.5) is 23.8 Å². The number of carbonyl (C=O) groups excluding carboxylic acids is 1. The number of hydrogen-bond donors (Lipinski definition) is 0. The molecule has 6 nitrogen and oxygen atoms in total. The van der Waals surface area contributed by atoms with Gasteiger partial charge in [-0.2, -0.15) is 13.2 Å². The molecule has 3 rings (SSSR count). The van der Waals surface area contributed by atoms with E-state index >= 15 is 0 Å². The van der Waals surface area contributed by atoms with Crippen LogP contribution >= 0.6 is 0 Å². The van der Waals surface area contributed by atoms with E-state index in [9.17, 15) is 18.0 Å². The van der Waals surface area contributed by atoms with Gasteiger partial charge >= 0.3 is 12.3 Å². The van der Waals surface area contributed by atoms with Crippen LogP contribution in [0.1, 0.15) is 45.7 Å². The Kier molecular flexibility index (Phi) is 4.98. The van der Waals surface area contributed by atoms with Gasteiger partial charge < -0.3 is 14.5 Å². The summed E-state index contributed by atoms with van der Waals surface area (Å²) in [5.74, 6) is 0.260. The van der Waals surface area contributed by atoms with Crippen LogP contribution in [0.25, 0.3) is 0 Å². The molecule has 0 radical (unpaired) electrons. The van der Waals surface area contributed by atoms with E-state index in [2.05, 4.69) is 9.97 Å². The van der Waals surface area contributed by atoms with Crippen molar-refractivity contribution in [3.8, 4) is 0 Å². The van der Waals surface area contributed by atoms with E-state index in [-0.39, 0.29) is 17.3 Å². The van der Waals surface area contributed by atoms with Gasteiger partial charge in [0, 0.05) is 26.2 Å². The number of amides is 1. The highest BCUT2D eigenvalue weighted by atomic mass is 19.4. The van der Waals surface area contributed by atoms with Crippen molar-refractivity contribution in [1.29, 1.82) is 0 Å². The number of alkyl halides is 3. The van der Waals surface area contributed by atoms with Gasteiger partial charge in [0.25, 0.3) is 0 Å². The van der Waals surface area contributed by atoms with Gasteiger partial charge in [-0.25, -0.2) is 9.78 Å². The summed E-state index contributed by atoms with van der Waals surface area (Å²) in [6.07, 6.45) is -0.217. The molecule has 150 valence electrons.